The van der Waals surface area contributed by atoms with Gasteiger partial charge in [0.25, 0.3) is 0 Å². The lowest BCUT2D eigenvalue weighted by Gasteiger charge is -2.09. The molecular weight excluding hydrogens is 341 g/mol. The van der Waals surface area contributed by atoms with Crippen molar-refractivity contribution >= 4 is 21.6 Å². The zero-order valence-corrected chi connectivity index (χ0v) is 14.1. The van der Waals surface area contributed by atoms with Crippen LogP contribution in [-0.4, -0.2) is 22.1 Å². The Hall–Kier alpha value is -1.63. The van der Waals surface area contributed by atoms with E-state index in [9.17, 15) is 12.8 Å². The molecular formula is C16H17ClFNO3S. The summed E-state index contributed by atoms with van der Waals surface area (Å²) in [4.78, 5) is -0.131. The van der Waals surface area contributed by atoms with Gasteiger partial charge in [-0.3, -0.25) is 0 Å². The number of aryl methyl sites for hydroxylation is 1. The molecule has 0 radical (unpaired) electrons. The molecule has 0 aromatic heterocycles. The zero-order valence-electron chi connectivity index (χ0n) is 12.6. The van der Waals surface area contributed by atoms with Crippen molar-refractivity contribution in [3.8, 4) is 5.75 Å². The first kappa shape index (κ1) is 17.7. The van der Waals surface area contributed by atoms with Gasteiger partial charge in [0.05, 0.1) is 12.0 Å². The topological polar surface area (TPSA) is 55.4 Å². The molecule has 4 nitrogen and oxygen atoms in total. The molecule has 23 heavy (non-hydrogen) atoms. The first-order valence-corrected chi connectivity index (χ1v) is 8.87. The van der Waals surface area contributed by atoms with E-state index in [0.717, 1.165) is 11.6 Å². The number of halogens is 2. The minimum absolute atomic E-state index is 0.00247. The number of benzene rings is 2. The summed E-state index contributed by atoms with van der Waals surface area (Å²) in [7, 11) is -2.43. The monoisotopic (exact) mass is 357 g/mol. The SMILES string of the molecule is COc1ccc(S(=O)(=O)NCCCc2ccccc2Cl)cc1F. The van der Waals surface area contributed by atoms with Crippen LogP contribution < -0.4 is 9.46 Å². The molecule has 0 fully saturated rings. The minimum atomic E-state index is -3.75. The molecule has 0 spiro atoms. The smallest absolute Gasteiger partial charge is 0.240 e. The molecule has 0 aliphatic heterocycles. The molecule has 2 aromatic rings. The van der Waals surface area contributed by atoms with Crippen LogP contribution in [0.1, 0.15) is 12.0 Å². The summed E-state index contributed by atoms with van der Waals surface area (Å²) in [6.45, 7) is 0.237. The molecule has 0 unspecified atom stereocenters. The van der Waals surface area contributed by atoms with Crippen LogP contribution in [0.25, 0.3) is 0 Å². The third-order valence-corrected chi connectivity index (χ3v) is 5.13. The van der Waals surface area contributed by atoms with Crippen molar-refractivity contribution in [1.29, 1.82) is 0 Å². The van der Waals surface area contributed by atoms with Crippen LogP contribution in [0.2, 0.25) is 5.02 Å². The Balaban J connectivity index is 1.94. The van der Waals surface area contributed by atoms with Crippen molar-refractivity contribution in [3.63, 3.8) is 0 Å². The van der Waals surface area contributed by atoms with Crippen molar-refractivity contribution in [1.82, 2.24) is 4.72 Å². The van der Waals surface area contributed by atoms with Crippen molar-refractivity contribution < 1.29 is 17.5 Å². The van der Waals surface area contributed by atoms with Crippen LogP contribution in [0, 0.1) is 5.82 Å². The van der Waals surface area contributed by atoms with Crippen LogP contribution in [0.4, 0.5) is 4.39 Å². The Morgan fingerprint density at radius 3 is 2.61 bits per heavy atom. The molecule has 2 aromatic carbocycles. The van der Waals surface area contributed by atoms with Crippen molar-refractivity contribution in [2.75, 3.05) is 13.7 Å². The summed E-state index contributed by atoms with van der Waals surface area (Å²) in [6, 6.07) is 10.9. The van der Waals surface area contributed by atoms with Gasteiger partial charge in [0.2, 0.25) is 10.0 Å². The van der Waals surface area contributed by atoms with Crippen molar-refractivity contribution in [3.05, 3.63) is 58.9 Å². The van der Waals surface area contributed by atoms with Gasteiger partial charge in [-0.05, 0) is 42.7 Å². The fourth-order valence-electron chi connectivity index (χ4n) is 2.08. The molecule has 0 atom stereocenters. The van der Waals surface area contributed by atoms with E-state index in [2.05, 4.69) is 4.72 Å². The maximum Gasteiger partial charge on any atom is 0.240 e. The van der Waals surface area contributed by atoms with Crippen molar-refractivity contribution in [2.45, 2.75) is 17.7 Å². The predicted octanol–water partition coefficient (Wildman–Crippen LogP) is 3.40. The second-order valence-corrected chi connectivity index (χ2v) is 7.06. The third-order valence-electron chi connectivity index (χ3n) is 3.31. The van der Waals surface area contributed by atoms with Gasteiger partial charge < -0.3 is 4.74 Å². The Kier molecular flexibility index (Phi) is 5.98. The van der Waals surface area contributed by atoms with Crippen LogP contribution in [0.3, 0.4) is 0 Å². The third kappa shape index (κ3) is 4.67. The van der Waals surface area contributed by atoms with Crippen LogP contribution in [0.5, 0.6) is 5.75 Å². The summed E-state index contributed by atoms with van der Waals surface area (Å²) >= 11 is 6.04. The van der Waals surface area contributed by atoms with E-state index >= 15 is 0 Å². The van der Waals surface area contributed by atoms with Gasteiger partial charge in [0, 0.05) is 11.6 Å². The number of methoxy groups -OCH3 is 1. The Labute approximate surface area is 140 Å². The standard InChI is InChI=1S/C16H17ClFNO3S/c1-22-16-9-8-13(11-15(16)18)23(20,21)19-10-4-6-12-5-2-3-7-14(12)17/h2-3,5,7-9,11,19H,4,6,10H2,1H3. The summed E-state index contributed by atoms with van der Waals surface area (Å²) < 4.78 is 45.1. The normalized spacial score (nSPS) is 11.4. The molecule has 1 N–H and O–H groups in total. The maximum atomic E-state index is 13.6. The fourth-order valence-corrected chi connectivity index (χ4v) is 3.40. The number of rotatable bonds is 7. The second kappa shape index (κ2) is 7.77. The molecule has 124 valence electrons. The van der Waals surface area contributed by atoms with E-state index in [1.54, 1.807) is 6.07 Å². The molecule has 0 amide bonds. The number of sulfonamides is 1. The highest BCUT2D eigenvalue weighted by Crippen LogP contribution is 2.20. The number of hydrogen-bond donors (Lipinski definition) is 1. The molecule has 0 aliphatic carbocycles. The van der Waals surface area contributed by atoms with E-state index < -0.39 is 15.8 Å². The minimum Gasteiger partial charge on any atom is -0.494 e. The summed E-state index contributed by atoms with van der Waals surface area (Å²) in [5, 5.41) is 0.660. The lowest BCUT2D eigenvalue weighted by Crippen LogP contribution is -2.25. The van der Waals surface area contributed by atoms with Crippen LogP contribution in [-0.2, 0) is 16.4 Å². The van der Waals surface area contributed by atoms with Gasteiger partial charge in [-0.2, -0.15) is 0 Å². The fraction of sp³-hybridized carbons (Fsp3) is 0.250. The first-order valence-electron chi connectivity index (χ1n) is 7.00. The lowest BCUT2D eigenvalue weighted by molar-refractivity contribution is 0.385. The van der Waals surface area contributed by atoms with Gasteiger partial charge >= 0.3 is 0 Å². The highest BCUT2D eigenvalue weighted by Gasteiger charge is 2.16. The Morgan fingerprint density at radius 1 is 1.22 bits per heavy atom. The first-order chi connectivity index (χ1) is 10.9. The Morgan fingerprint density at radius 2 is 1.96 bits per heavy atom. The van der Waals surface area contributed by atoms with E-state index in [1.165, 1.54) is 19.2 Å². The van der Waals surface area contributed by atoms with E-state index in [0.29, 0.717) is 17.9 Å². The molecule has 0 bridgehead atoms. The number of nitrogens with one attached hydrogen (secondary N) is 1. The van der Waals surface area contributed by atoms with Gasteiger partial charge in [-0.1, -0.05) is 29.8 Å². The highest BCUT2D eigenvalue weighted by molar-refractivity contribution is 7.89. The maximum absolute atomic E-state index is 13.6. The number of ether oxygens (including phenoxy) is 1. The van der Waals surface area contributed by atoms with Gasteiger partial charge in [0.1, 0.15) is 0 Å². The molecule has 7 heteroatoms. The largest absolute Gasteiger partial charge is 0.494 e. The van der Waals surface area contributed by atoms with E-state index in [4.69, 9.17) is 16.3 Å². The second-order valence-electron chi connectivity index (χ2n) is 4.89. The molecule has 0 saturated carbocycles. The number of hydrogen-bond acceptors (Lipinski definition) is 3. The zero-order chi connectivity index (χ0) is 16.9. The Bertz CT molecular complexity index is 781. The van der Waals surface area contributed by atoms with Crippen LogP contribution >= 0.6 is 11.6 Å². The van der Waals surface area contributed by atoms with Gasteiger partial charge in [-0.25, -0.2) is 17.5 Å². The van der Waals surface area contributed by atoms with Gasteiger partial charge in [0.15, 0.2) is 11.6 Å². The van der Waals surface area contributed by atoms with E-state index in [1.807, 2.05) is 18.2 Å². The van der Waals surface area contributed by atoms with Gasteiger partial charge in [-0.15, -0.1) is 0 Å². The lowest BCUT2D eigenvalue weighted by atomic mass is 10.1. The summed E-state index contributed by atoms with van der Waals surface area (Å²) in [6.07, 6.45) is 1.24. The quantitative estimate of drug-likeness (QED) is 0.773. The van der Waals surface area contributed by atoms with E-state index in [-0.39, 0.29) is 17.2 Å². The molecule has 0 saturated heterocycles. The summed E-state index contributed by atoms with van der Waals surface area (Å²) in [5.41, 5.74) is 0.962. The predicted molar refractivity (Wildman–Crippen MR) is 87.9 cm³/mol. The molecule has 2 rings (SSSR count). The average Bonchev–Trinajstić information content (AvgIpc) is 2.53. The highest BCUT2D eigenvalue weighted by atomic mass is 35.5. The average molecular weight is 358 g/mol. The van der Waals surface area contributed by atoms with Crippen molar-refractivity contribution in [2.24, 2.45) is 0 Å². The summed E-state index contributed by atoms with van der Waals surface area (Å²) in [5.74, 6) is -0.714. The molecule has 0 aliphatic rings. The molecule has 0 heterocycles. The van der Waals surface area contributed by atoms with Crippen LogP contribution in [0.15, 0.2) is 47.4 Å².